The summed E-state index contributed by atoms with van der Waals surface area (Å²) in [7, 11) is 0. The van der Waals surface area contributed by atoms with Crippen LogP contribution in [0.5, 0.6) is 0 Å². The lowest BCUT2D eigenvalue weighted by molar-refractivity contribution is -0.135. The largest absolute Gasteiger partial charge is 0.459 e. The van der Waals surface area contributed by atoms with E-state index in [0.717, 1.165) is 42.4 Å². The molecule has 1 N–H and O–H groups in total. The molecule has 144 valence electrons. The van der Waals surface area contributed by atoms with Gasteiger partial charge in [-0.2, -0.15) is 0 Å². The molecule has 2 amide bonds. The molecule has 2 saturated heterocycles. The first-order valence-electron chi connectivity index (χ1n) is 9.36. The van der Waals surface area contributed by atoms with Gasteiger partial charge in [0.1, 0.15) is 10.6 Å². The number of piperidine rings is 1. The van der Waals surface area contributed by atoms with Crippen LogP contribution in [-0.4, -0.2) is 65.4 Å². The van der Waals surface area contributed by atoms with Gasteiger partial charge in [0, 0.05) is 32.2 Å². The van der Waals surface area contributed by atoms with Gasteiger partial charge in [0.05, 0.1) is 12.2 Å². The molecule has 27 heavy (non-hydrogen) atoms. The Morgan fingerprint density at radius 1 is 1.33 bits per heavy atom. The van der Waals surface area contributed by atoms with E-state index in [1.807, 2.05) is 35.8 Å². The zero-order valence-electron chi connectivity index (χ0n) is 15.7. The highest BCUT2D eigenvalue weighted by Crippen LogP contribution is 2.31. The molecule has 2 aromatic rings. The van der Waals surface area contributed by atoms with Gasteiger partial charge in [-0.25, -0.2) is 4.98 Å². The second-order valence-electron chi connectivity index (χ2n) is 7.15. The molecular formula is C19H24N4O3S. The highest BCUT2D eigenvalue weighted by molar-refractivity contribution is 7.17. The number of carbonyl (C=O) groups excluding carboxylic acids is 2. The van der Waals surface area contributed by atoms with Gasteiger partial charge >= 0.3 is 0 Å². The van der Waals surface area contributed by atoms with Crippen molar-refractivity contribution in [3.8, 4) is 10.8 Å². The summed E-state index contributed by atoms with van der Waals surface area (Å²) in [5.74, 6) is 1.66. The van der Waals surface area contributed by atoms with E-state index in [1.54, 1.807) is 0 Å². The topological polar surface area (TPSA) is 78.7 Å². The molecule has 8 heteroatoms. The van der Waals surface area contributed by atoms with Gasteiger partial charge in [-0.3, -0.25) is 9.59 Å². The number of carbonyl (C=O) groups is 2. The first-order chi connectivity index (χ1) is 13.0. The van der Waals surface area contributed by atoms with Crippen molar-refractivity contribution in [3.63, 3.8) is 0 Å². The maximum Gasteiger partial charge on any atom is 0.265 e. The molecule has 7 nitrogen and oxygen atoms in total. The molecule has 4 rings (SSSR count). The number of nitrogens with one attached hydrogen (secondary N) is 1. The second kappa shape index (κ2) is 7.44. The van der Waals surface area contributed by atoms with Gasteiger partial charge in [-0.05, 0) is 38.8 Å². The number of thiazole rings is 1. The molecule has 2 aliphatic heterocycles. The summed E-state index contributed by atoms with van der Waals surface area (Å²) >= 11 is 1.38. The van der Waals surface area contributed by atoms with Crippen LogP contribution in [0.2, 0.25) is 0 Å². The number of aryl methyl sites for hydroxylation is 2. The smallest absolute Gasteiger partial charge is 0.265 e. The van der Waals surface area contributed by atoms with Crippen molar-refractivity contribution < 1.29 is 14.0 Å². The Hall–Kier alpha value is -2.19. The highest BCUT2D eigenvalue weighted by atomic mass is 32.1. The maximum atomic E-state index is 13.1. The fourth-order valence-corrected chi connectivity index (χ4v) is 4.79. The number of rotatable bonds is 3. The number of hydrogen-bond acceptors (Lipinski definition) is 6. The molecule has 1 unspecified atom stereocenters. The predicted molar refractivity (Wildman–Crippen MR) is 103 cm³/mol. The Kier molecular flexibility index (Phi) is 5.01. The first kappa shape index (κ1) is 18.2. The number of aromatic nitrogens is 1. The van der Waals surface area contributed by atoms with Crippen LogP contribution in [0.3, 0.4) is 0 Å². The van der Waals surface area contributed by atoms with Crippen LogP contribution in [0.15, 0.2) is 16.5 Å². The molecule has 4 heterocycles. The van der Waals surface area contributed by atoms with E-state index in [9.17, 15) is 9.59 Å². The lowest BCUT2D eigenvalue weighted by Crippen LogP contribution is -2.57. The number of piperazine rings is 1. The molecule has 2 fully saturated rings. The highest BCUT2D eigenvalue weighted by Gasteiger charge is 2.33. The summed E-state index contributed by atoms with van der Waals surface area (Å²) in [6.45, 7) is 7.00. The van der Waals surface area contributed by atoms with E-state index in [-0.39, 0.29) is 17.9 Å². The lowest BCUT2D eigenvalue weighted by atomic mass is 10.0. The minimum Gasteiger partial charge on any atom is -0.459 e. The number of likely N-dealkylation sites (tertiary alicyclic amines) is 1. The third kappa shape index (κ3) is 3.64. The predicted octanol–water partition coefficient (Wildman–Crippen LogP) is 2.06. The Balaban J connectivity index is 1.50. The normalized spacial score (nSPS) is 21.0. The Bertz CT molecular complexity index is 859. The second-order valence-corrected chi connectivity index (χ2v) is 8.15. The summed E-state index contributed by atoms with van der Waals surface area (Å²) in [6, 6.07) is 3.89. The third-order valence-corrected chi connectivity index (χ3v) is 6.35. The van der Waals surface area contributed by atoms with Gasteiger partial charge in [0.25, 0.3) is 5.91 Å². The molecule has 0 aliphatic carbocycles. The SMILES string of the molecule is Cc1ccc(-c2nc(C)c(C(=O)N3CCCC(N4CCNCC4=O)C3)s2)o1. The number of nitrogens with zero attached hydrogens (tertiary/aromatic N) is 3. The van der Waals surface area contributed by atoms with Gasteiger partial charge in [0.2, 0.25) is 5.91 Å². The standard InChI is InChI=1S/C19H24N4O3S/c1-12-5-6-15(26-12)18-21-13(2)17(27-18)19(25)22-8-3-4-14(11-22)23-9-7-20-10-16(23)24/h5-6,14,20H,3-4,7-11H2,1-2H3. The molecule has 0 aromatic carbocycles. The summed E-state index contributed by atoms with van der Waals surface area (Å²) in [5, 5.41) is 3.83. The maximum absolute atomic E-state index is 13.1. The van der Waals surface area contributed by atoms with Crippen LogP contribution in [0.4, 0.5) is 0 Å². The van der Waals surface area contributed by atoms with Crippen molar-refractivity contribution in [1.29, 1.82) is 0 Å². The molecule has 2 aliphatic rings. The molecule has 2 aromatic heterocycles. The van der Waals surface area contributed by atoms with Crippen molar-refractivity contribution in [3.05, 3.63) is 28.5 Å². The Morgan fingerprint density at radius 2 is 2.19 bits per heavy atom. The van der Waals surface area contributed by atoms with E-state index in [1.165, 1.54) is 11.3 Å². The van der Waals surface area contributed by atoms with Crippen molar-refractivity contribution in [2.45, 2.75) is 32.7 Å². The fraction of sp³-hybridized carbons (Fsp3) is 0.526. The molecule has 0 saturated carbocycles. The average molecular weight is 388 g/mol. The molecule has 1 atom stereocenters. The summed E-state index contributed by atoms with van der Waals surface area (Å²) < 4.78 is 5.64. The van der Waals surface area contributed by atoms with Crippen LogP contribution < -0.4 is 5.32 Å². The van der Waals surface area contributed by atoms with E-state index >= 15 is 0 Å². The number of furan rings is 1. The zero-order chi connectivity index (χ0) is 19.0. The summed E-state index contributed by atoms with van der Waals surface area (Å²) in [5.41, 5.74) is 0.731. The van der Waals surface area contributed by atoms with Crippen LogP contribution in [-0.2, 0) is 4.79 Å². The van der Waals surface area contributed by atoms with Gasteiger partial charge < -0.3 is 19.5 Å². The van der Waals surface area contributed by atoms with Crippen LogP contribution in [0, 0.1) is 13.8 Å². The van der Waals surface area contributed by atoms with E-state index in [0.29, 0.717) is 30.3 Å². The van der Waals surface area contributed by atoms with Crippen LogP contribution in [0.25, 0.3) is 10.8 Å². The van der Waals surface area contributed by atoms with E-state index in [2.05, 4.69) is 10.3 Å². The quantitative estimate of drug-likeness (QED) is 0.871. The molecule has 0 spiro atoms. The van der Waals surface area contributed by atoms with Crippen LogP contribution in [0.1, 0.15) is 34.0 Å². The minimum absolute atomic E-state index is 0.00631. The molecular weight excluding hydrogens is 364 g/mol. The Labute approximate surface area is 162 Å². The molecule has 0 bridgehead atoms. The van der Waals surface area contributed by atoms with E-state index < -0.39 is 0 Å². The first-order valence-corrected chi connectivity index (χ1v) is 10.2. The van der Waals surface area contributed by atoms with Crippen molar-refractivity contribution in [2.24, 2.45) is 0 Å². The van der Waals surface area contributed by atoms with Gasteiger partial charge in [-0.1, -0.05) is 0 Å². The van der Waals surface area contributed by atoms with Crippen LogP contribution >= 0.6 is 11.3 Å². The Morgan fingerprint density at radius 3 is 2.93 bits per heavy atom. The minimum atomic E-state index is 0.00631. The van der Waals surface area contributed by atoms with Crippen molar-refractivity contribution >= 4 is 23.2 Å². The van der Waals surface area contributed by atoms with Crippen molar-refractivity contribution in [1.82, 2.24) is 20.1 Å². The third-order valence-electron chi connectivity index (χ3n) is 5.19. The van der Waals surface area contributed by atoms with Crippen molar-refractivity contribution in [2.75, 3.05) is 32.7 Å². The summed E-state index contributed by atoms with van der Waals surface area (Å²) in [4.78, 5) is 34.3. The van der Waals surface area contributed by atoms with Gasteiger partial charge in [-0.15, -0.1) is 11.3 Å². The fourth-order valence-electron chi connectivity index (χ4n) is 3.79. The average Bonchev–Trinajstić information content (AvgIpc) is 3.27. The summed E-state index contributed by atoms with van der Waals surface area (Å²) in [6.07, 6.45) is 1.86. The number of hydrogen-bond donors (Lipinski definition) is 1. The monoisotopic (exact) mass is 388 g/mol. The molecule has 0 radical (unpaired) electrons. The zero-order valence-corrected chi connectivity index (χ0v) is 16.5. The number of amides is 2. The lowest BCUT2D eigenvalue weighted by Gasteiger charge is -2.41. The van der Waals surface area contributed by atoms with E-state index in [4.69, 9.17) is 4.42 Å². The van der Waals surface area contributed by atoms with Gasteiger partial charge in [0.15, 0.2) is 10.8 Å².